The number of rotatable bonds is 5. The summed E-state index contributed by atoms with van der Waals surface area (Å²) in [4.78, 5) is 0. The van der Waals surface area contributed by atoms with Gasteiger partial charge in [0.15, 0.2) is 0 Å². The van der Waals surface area contributed by atoms with Gasteiger partial charge < -0.3 is 10.1 Å². The maximum atomic E-state index is 6.24. The minimum Gasteiger partial charge on any atom is -0.372 e. The smallest absolute Gasteiger partial charge is 0.0631 e. The third-order valence-corrected chi connectivity index (χ3v) is 5.08. The molecule has 0 spiro atoms. The molecule has 1 N–H and O–H groups in total. The van der Waals surface area contributed by atoms with Gasteiger partial charge in [0.2, 0.25) is 0 Å². The zero-order valence-corrected chi connectivity index (χ0v) is 14.3. The van der Waals surface area contributed by atoms with Gasteiger partial charge in [-0.2, -0.15) is 0 Å². The van der Waals surface area contributed by atoms with Crippen LogP contribution in [0.1, 0.15) is 79.6 Å². The summed E-state index contributed by atoms with van der Waals surface area (Å²) >= 11 is 0. The molecule has 0 aromatic rings. The van der Waals surface area contributed by atoms with E-state index in [-0.39, 0.29) is 11.1 Å². The third-order valence-electron chi connectivity index (χ3n) is 5.08. The van der Waals surface area contributed by atoms with Gasteiger partial charge in [0.05, 0.1) is 11.7 Å². The van der Waals surface area contributed by atoms with Crippen molar-refractivity contribution in [3.8, 4) is 0 Å². The highest BCUT2D eigenvalue weighted by molar-refractivity contribution is 4.86. The van der Waals surface area contributed by atoms with Crippen molar-refractivity contribution >= 4 is 0 Å². The maximum absolute atomic E-state index is 6.24. The normalized spacial score (nSPS) is 28.9. The quantitative estimate of drug-likeness (QED) is 0.799. The van der Waals surface area contributed by atoms with E-state index in [4.69, 9.17) is 4.74 Å². The van der Waals surface area contributed by atoms with Gasteiger partial charge in [-0.05, 0) is 72.3 Å². The minimum atomic E-state index is 0.113. The first-order valence-corrected chi connectivity index (χ1v) is 8.68. The van der Waals surface area contributed by atoms with Crippen molar-refractivity contribution in [1.82, 2.24) is 5.32 Å². The molecule has 2 fully saturated rings. The molecule has 2 heteroatoms. The van der Waals surface area contributed by atoms with E-state index in [1.165, 1.54) is 44.9 Å². The Labute approximate surface area is 126 Å². The Hall–Kier alpha value is -0.0800. The van der Waals surface area contributed by atoms with Crippen LogP contribution in [0.2, 0.25) is 0 Å². The van der Waals surface area contributed by atoms with Crippen LogP contribution in [0, 0.1) is 11.8 Å². The third kappa shape index (κ3) is 5.04. The van der Waals surface area contributed by atoms with Crippen molar-refractivity contribution in [2.75, 3.05) is 6.54 Å². The molecule has 1 heterocycles. The van der Waals surface area contributed by atoms with Crippen molar-refractivity contribution in [3.63, 3.8) is 0 Å². The molecule has 2 aliphatic rings. The van der Waals surface area contributed by atoms with Gasteiger partial charge in [-0.1, -0.05) is 25.7 Å². The molecule has 0 aromatic heterocycles. The second kappa shape index (κ2) is 6.36. The predicted octanol–water partition coefficient (Wildman–Crippen LogP) is 4.53. The molecule has 1 saturated heterocycles. The number of hydrogen-bond acceptors (Lipinski definition) is 2. The van der Waals surface area contributed by atoms with Crippen LogP contribution in [0.3, 0.4) is 0 Å². The average molecular weight is 281 g/mol. The lowest BCUT2D eigenvalue weighted by Gasteiger charge is -2.31. The molecule has 1 aliphatic carbocycles. The van der Waals surface area contributed by atoms with Crippen molar-refractivity contribution < 1.29 is 4.74 Å². The van der Waals surface area contributed by atoms with E-state index in [0.29, 0.717) is 6.10 Å². The Morgan fingerprint density at radius 2 is 1.80 bits per heavy atom. The molecule has 2 rings (SSSR count). The fourth-order valence-corrected chi connectivity index (χ4v) is 3.89. The lowest BCUT2D eigenvalue weighted by atomic mass is 9.85. The molecular formula is C18H35NO. The molecule has 0 radical (unpaired) electrons. The summed E-state index contributed by atoms with van der Waals surface area (Å²) < 4.78 is 6.24. The van der Waals surface area contributed by atoms with Gasteiger partial charge in [0.1, 0.15) is 0 Å². The van der Waals surface area contributed by atoms with Crippen LogP contribution in [0.25, 0.3) is 0 Å². The van der Waals surface area contributed by atoms with E-state index in [1.807, 2.05) is 0 Å². The largest absolute Gasteiger partial charge is 0.372 e. The van der Waals surface area contributed by atoms with Crippen LogP contribution in [0.4, 0.5) is 0 Å². The van der Waals surface area contributed by atoms with Gasteiger partial charge in [0, 0.05) is 5.54 Å². The number of hydrogen-bond donors (Lipinski definition) is 1. The Morgan fingerprint density at radius 3 is 2.30 bits per heavy atom. The monoisotopic (exact) mass is 281 g/mol. The summed E-state index contributed by atoms with van der Waals surface area (Å²) in [6, 6.07) is 0. The predicted molar refractivity (Wildman–Crippen MR) is 86.0 cm³/mol. The van der Waals surface area contributed by atoms with E-state index in [2.05, 4.69) is 39.9 Å². The van der Waals surface area contributed by atoms with Crippen LogP contribution in [-0.4, -0.2) is 23.8 Å². The first kappa shape index (κ1) is 16.3. The van der Waals surface area contributed by atoms with E-state index < -0.39 is 0 Å². The zero-order valence-electron chi connectivity index (χ0n) is 14.3. The standard InChI is InChI=1S/C18H35NO/c1-17(2,3)19-13-15(14-8-6-7-9-14)12-16-10-11-18(4,5)20-16/h14-16,19H,6-13H2,1-5H3. The lowest BCUT2D eigenvalue weighted by molar-refractivity contribution is -0.0282. The molecule has 1 aliphatic heterocycles. The first-order valence-electron chi connectivity index (χ1n) is 8.68. The van der Waals surface area contributed by atoms with Crippen molar-refractivity contribution in [3.05, 3.63) is 0 Å². The summed E-state index contributed by atoms with van der Waals surface area (Å²) in [6.07, 6.45) is 9.99. The maximum Gasteiger partial charge on any atom is 0.0631 e. The van der Waals surface area contributed by atoms with Crippen LogP contribution in [0.5, 0.6) is 0 Å². The highest BCUT2D eigenvalue weighted by Gasteiger charge is 2.35. The van der Waals surface area contributed by atoms with Crippen molar-refractivity contribution in [2.24, 2.45) is 11.8 Å². The van der Waals surface area contributed by atoms with E-state index in [0.717, 1.165) is 18.4 Å². The van der Waals surface area contributed by atoms with Gasteiger partial charge in [-0.15, -0.1) is 0 Å². The Kier molecular flexibility index (Phi) is 5.18. The van der Waals surface area contributed by atoms with Gasteiger partial charge in [-0.25, -0.2) is 0 Å². The molecule has 0 aromatic carbocycles. The molecule has 2 unspecified atom stereocenters. The molecule has 2 atom stereocenters. The van der Waals surface area contributed by atoms with E-state index >= 15 is 0 Å². The molecular weight excluding hydrogens is 246 g/mol. The summed E-state index contributed by atoms with van der Waals surface area (Å²) in [5.41, 5.74) is 0.342. The second-order valence-electron chi connectivity index (χ2n) is 8.71. The van der Waals surface area contributed by atoms with E-state index in [9.17, 15) is 0 Å². The van der Waals surface area contributed by atoms with Crippen molar-refractivity contribution in [2.45, 2.75) is 96.8 Å². The van der Waals surface area contributed by atoms with Crippen LogP contribution < -0.4 is 5.32 Å². The Bertz CT molecular complexity index is 299. The average Bonchev–Trinajstić information content (AvgIpc) is 2.92. The fraction of sp³-hybridized carbons (Fsp3) is 1.00. The highest BCUT2D eigenvalue weighted by atomic mass is 16.5. The highest BCUT2D eigenvalue weighted by Crippen LogP contribution is 2.38. The second-order valence-corrected chi connectivity index (χ2v) is 8.71. The summed E-state index contributed by atoms with van der Waals surface area (Å²) in [7, 11) is 0. The Balaban J connectivity index is 1.89. The topological polar surface area (TPSA) is 21.3 Å². The molecule has 0 amide bonds. The minimum absolute atomic E-state index is 0.113. The molecule has 20 heavy (non-hydrogen) atoms. The summed E-state index contributed by atoms with van der Waals surface area (Å²) in [6.45, 7) is 12.5. The van der Waals surface area contributed by atoms with Gasteiger partial charge in [0.25, 0.3) is 0 Å². The van der Waals surface area contributed by atoms with Crippen molar-refractivity contribution in [1.29, 1.82) is 0 Å². The van der Waals surface area contributed by atoms with Crippen LogP contribution >= 0.6 is 0 Å². The summed E-state index contributed by atoms with van der Waals surface area (Å²) in [5.74, 6) is 1.73. The molecule has 1 saturated carbocycles. The zero-order chi connectivity index (χ0) is 14.8. The molecule has 118 valence electrons. The van der Waals surface area contributed by atoms with Crippen LogP contribution in [0.15, 0.2) is 0 Å². The molecule has 0 bridgehead atoms. The number of nitrogens with one attached hydrogen (secondary N) is 1. The van der Waals surface area contributed by atoms with Gasteiger partial charge in [-0.3, -0.25) is 0 Å². The van der Waals surface area contributed by atoms with Crippen LogP contribution in [-0.2, 0) is 4.74 Å². The lowest BCUT2D eigenvalue weighted by Crippen LogP contribution is -2.41. The fourth-order valence-electron chi connectivity index (χ4n) is 3.89. The Morgan fingerprint density at radius 1 is 1.15 bits per heavy atom. The molecule has 2 nitrogen and oxygen atoms in total. The first-order chi connectivity index (χ1) is 9.25. The number of ether oxygens (including phenoxy) is 1. The van der Waals surface area contributed by atoms with E-state index in [1.54, 1.807) is 0 Å². The summed E-state index contributed by atoms with van der Waals surface area (Å²) in [5, 5.41) is 3.74. The SMILES string of the molecule is CC(C)(C)NCC(CC1CCC(C)(C)O1)C1CCCC1. The van der Waals surface area contributed by atoms with Gasteiger partial charge >= 0.3 is 0 Å².